The molecule has 0 radical (unpaired) electrons. The molecule has 1 aromatic heterocycles. The molecular weight excluding hydrogens is 348 g/mol. The Bertz CT molecular complexity index is 619. The van der Waals surface area contributed by atoms with E-state index in [4.69, 9.17) is 0 Å². The smallest absolute Gasteiger partial charge is 0.257 e. The van der Waals surface area contributed by atoms with Crippen LogP contribution in [0.25, 0.3) is 0 Å². The van der Waals surface area contributed by atoms with Gasteiger partial charge in [0.1, 0.15) is 17.2 Å². The van der Waals surface area contributed by atoms with E-state index in [1.165, 1.54) is 4.88 Å². The number of hydrogen-bond acceptors (Lipinski definition) is 2. The fourth-order valence-electron chi connectivity index (χ4n) is 1.72. The molecule has 2 rings (SSSR count). The molecule has 0 unspecified atom stereocenters. The van der Waals surface area contributed by atoms with Crippen LogP contribution in [0.15, 0.2) is 28.7 Å². The lowest BCUT2D eigenvalue weighted by Gasteiger charge is -2.06. The minimum Gasteiger partial charge on any atom is -0.347 e. The van der Waals surface area contributed by atoms with Gasteiger partial charge in [-0.1, -0.05) is 22.9 Å². The minimum atomic E-state index is -0.880. The van der Waals surface area contributed by atoms with Crippen LogP contribution >= 0.6 is 27.3 Å². The maximum absolute atomic E-state index is 13.6. The Morgan fingerprint density at radius 2 is 1.85 bits per heavy atom. The second kappa shape index (κ2) is 6.45. The average molecular weight is 360 g/mol. The van der Waals surface area contributed by atoms with Crippen molar-refractivity contribution < 1.29 is 13.6 Å². The number of halogens is 3. The predicted molar refractivity (Wildman–Crippen MR) is 78.9 cm³/mol. The van der Waals surface area contributed by atoms with Crippen LogP contribution < -0.4 is 5.32 Å². The summed E-state index contributed by atoms with van der Waals surface area (Å²) in [6, 6.07) is 6.02. The van der Waals surface area contributed by atoms with E-state index in [1.807, 2.05) is 19.1 Å². The molecule has 1 heterocycles. The zero-order valence-corrected chi connectivity index (χ0v) is 13.1. The summed E-state index contributed by atoms with van der Waals surface area (Å²) in [5.74, 6) is -2.51. The first-order valence-electron chi connectivity index (χ1n) is 6.01. The van der Waals surface area contributed by atoms with Gasteiger partial charge >= 0.3 is 0 Å². The highest BCUT2D eigenvalue weighted by atomic mass is 79.9. The van der Waals surface area contributed by atoms with Crippen LogP contribution in [0.4, 0.5) is 8.78 Å². The molecule has 0 saturated carbocycles. The van der Waals surface area contributed by atoms with Crippen molar-refractivity contribution in [3.63, 3.8) is 0 Å². The van der Waals surface area contributed by atoms with Gasteiger partial charge in [-0.3, -0.25) is 4.79 Å². The van der Waals surface area contributed by atoms with Gasteiger partial charge in [0, 0.05) is 14.2 Å². The number of benzene rings is 1. The molecule has 106 valence electrons. The Kier molecular flexibility index (Phi) is 4.88. The summed E-state index contributed by atoms with van der Waals surface area (Å²) in [4.78, 5) is 14.0. The molecule has 0 fully saturated rings. The van der Waals surface area contributed by atoms with Gasteiger partial charge in [0.2, 0.25) is 0 Å². The molecule has 20 heavy (non-hydrogen) atoms. The Morgan fingerprint density at radius 1 is 1.25 bits per heavy atom. The summed E-state index contributed by atoms with van der Waals surface area (Å²) in [7, 11) is 0. The predicted octanol–water partition coefficient (Wildman–Crippen LogP) is 4.28. The summed E-state index contributed by atoms with van der Waals surface area (Å²) in [6.45, 7) is 2.30. The molecule has 2 aromatic rings. The van der Waals surface area contributed by atoms with Crippen LogP contribution in [0.3, 0.4) is 0 Å². The molecule has 1 aromatic carbocycles. The van der Waals surface area contributed by atoms with Crippen molar-refractivity contribution in [2.24, 2.45) is 0 Å². The van der Waals surface area contributed by atoms with Crippen LogP contribution in [-0.2, 0) is 13.0 Å². The van der Waals surface area contributed by atoms with E-state index in [0.29, 0.717) is 0 Å². The van der Waals surface area contributed by atoms with E-state index in [2.05, 4.69) is 21.2 Å². The summed E-state index contributed by atoms with van der Waals surface area (Å²) in [5.41, 5.74) is -0.555. The van der Waals surface area contributed by atoms with E-state index in [9.17, 15) is 13.6 Å². The first kappa shape index (κ1) is 15.1. The third kappa shape index (κ3) is 3.43. The molecule has 1 amide bonds. The van der Waals surface area contributed by atoms with Gasteiger partial charge in [0.05, 0.1) is 6.54 Å². The van der Waals surface area contributed by atoms with Crippen LogP contribution in [0, 0.1) is 11.6 Å². The van der Waals surface area contributed by atoms with Crippen LogP contribution in [-0.4, -0.2) is 5.91 Å². The summed E-state index contributed by atoms with van der Waals surface area (Å²) >= 11 is 4.54. The SMILES string of the molecule is CCc1ccc(CNC(=O)c2c(F)cc(Br)cc2F)s1. The Hall–Kier alpha value is -1.27. The Morgan fingerprint density at radius 3 is 2.40 bits per heavy atom. The fraction of sp³-hybridized carbons (Fsp3) is 0.214. The number of amides is 1. The molecular formula is C14H12BrF2NOS. The number of carbonyl (C=O) groups is 1. The van der Waals surface area contributed by atoms with Crippen LogP contribution in [0.1, 0.15) is 27.0 Å². The van der Waals surface area contributed by atoms with E-state index >= 15 is 0 Å². The van der Waals surface area contributed by atoms with E-state index in [1.54, 1.807) is 11.3 Å². The van der Waals surface area contributed by atoms with Gasteiger partial charge in [-0.2, -0.15) is 0 Å². The second-order valence-electron chi connectivity index (χ2n) is 4.15. The largest absolute Gasteiger partial charge is 0.347 e. The Labute approximate surface area is 127 Å². The molecule has 0 bridgehead atoms. The van der Waals surface area contributed by atoms with E-state index in [0.717, 1.165) is 23.4 Å². The normalized spacial score (nSPS) is 10.6. The lowest BCUT2D eigenvalue weighted by Crippen LogP contribution is -2.24. The molecule has 0 spiro atoms. The average Bonchev–Trinajstić information content (AvgIpc) is 2.83. The zero-order valence-electron chi connectivity index (χ0n) is 10.7. The van der Waals surface area contributed by atoms with Gasteiger partial charge < -0.3 is 5.32 Å². The molecule has 0 aliphatic carbocycles. The molecule has 0 saturated heterocycles. The maximum Gasteiger partial charge on any atom is 0.257 e. The topological polar surface area (TPSA) is 29.1 Å². The summed E-state index contributed by atoms with van der Waals surface area (Å²) in [5, 5.41) is 2.53. The van der Waals surface area contributed by atoms with Gasteiger partial charge in [0.15, 0.2) is 0 Å². The monoisotopic (exact) mass is 359 g/mol. The van der Waals surface area contributed by atoms with Gasteiger partial charge in [-0.15, -0.1) is 11.3 Å². The van der Waals surface area contributed by atoms with Gasteiger partial charge in [-0.05, 0) is 30.7 Å². The highest BCUT2D eigenvalue weighted by Crippen LogP contribution is 2.20. The summed E-state index contributed by atoms with van der Waals surface area (Å²) in [6.07, 6.45) is 0.925. The fourth-order valence-corrected chi connectivity index (χ4v) is 3.02. The third-order valence-corrected chi connectivity index (χ3v) is 4.41. The van der Waals surface area contributed by atoms with Crippen LogP contribution in [0.5, 0.6) is 0 Å². The van der Waals surface area contributed by atoms with Crippen molar-refractivity contribution in [3.8, 4) is 0 Å². The third-order valence-electron chi connectivity index (χ3n) is 2.72. The second-order valence-corrected chi connectivity index (χ2v) is 6.32. The Balaban J connectivity index is 2.09. The molecule has 0 aliphatic heterocycles. The molecule has 1 N–H and O–H groups in total. The molecule has 0 aliphatic rings. The molecule has 0 atom stereocenters. The summed E-state index contributed by atoms with van der Waals surface area (Å²) < 4.78 is 27.5. The molecule has 6 heteroatoms. The maximum atomic E-state index is 13.6. The van der Waals surface area contributed by atoms with Crippen molar-refractivity contribution in [1.29, 1.82) is 0 Å². The van der Waals surface area contributed by atoms with Crippen molar-refractivity contribution >= 4 is 33.2 Å². The number of aryl methyl sites for hydroxylation is 1. The minimum absolute atomic E-state index is 0.259. The number of hydrogen-bond donors (Lipinski definition) is 1. The van der Waals surface area contributed by atoms with Gasteiger partial charge in [-0.25, -0.2) is 8.78 Å². The van der Waals surface area contributed by atoms with Gasteiger partial charge in [0.25, 0.3) is 5.91 Å². The standard InChI is InChI=1S/C14H12BrF2NOS/c1-2-9-3-4-10(20-9)7-18-14(19)13-11(16)5-8(15)6-12(13)17/h3-6H,2,7H2,1H3,(H,18,19). The van der Waals surface area contributed by atoms with Crippen molar-refractivity contribution in [3.05, 3.63) is 55.7 Å². The number of carbonyl (C=O) groups excluding carboxylic acids is 1. The highest BCUT2D eigenvalue weighted by molar-refractivity contribution is 9.10. The lowest BCUT2D eigenvalue weighted by molar-refractivity contribution is 0.0943. The van der Waals surface area contributed by atoms with Crippen molar-refractivity contribution in [2.45, 2.75) is 19.9 Å². The van der Waals surface area contributed by atoms with Crippen LogP contribution in [0.2, 0.25) is 0 Å². The van der Waals surface area contributed by atoms with E-state index in [-0.39, 0.29) is 11.0 Å². The first-order valence-corrected chi connectivity index (χ1v) is 7.62. The number of nitrogens with one attached hydrogen (secondary N) is 1. The molecule has 2 nitrogen and oxygen atoms in total. The van der Waals surface area contributed by atoms with Crippen molar-refractivity contribution in [1.82, 2.24) is 5.32 Å². The quantitative estimate of drug-likeness (QED) is 0.866. The first-order chi connectivity index (χ1) is 9.51. The lowest BCUT2D eigenvalue weighted by atomic mass is 10.2. The number of rotatable bonds is 4. The van der Waals surface area contributed by atoms with E-state index < -0.39 is 23.1 Å². The number of thiophene rings is 1. The highest BCUT2D eigenvalue weighted by Gasteiger charge is 2.18. The van der Waals surface area contributed by atoms with Crippen molar-refractivity contribution in [2.75, 3.05) is 0 Å². The zero-order chi connectivity index (χ0) is 14.7.